The van der Waals surface area contributed by atoms with Crippen LogP contribution in [0.1, 0.15) is 123 Å². The van der Waals surface area contributed by atoms with E-state index in [2.05, 4.69) is 40.4 Å². The normalized spacial score (nSPS) is 29.9. The minimum atomic E-state index is -2.25. The van der Waals surface area contributed by atoms with Crippen molar-refractivity contribution in [3.63, 3.8) is 0 Å². The van der Waals surface area contributed by atoms with Crippen molar-refractivity contribution in [1.29, 1.82) is 0 Å². The Morgan fingerprint density at radius 1 is 0.764 bits per heavy atom. The van der Waals surface area contributed by atoms with Crippen LogP contribution >= 0.6 is 0 Å². The summed E-state index contributed by atoms with van der Waals surface area (Å²) in [6.45, 7) is 5.17. The number of benzene rings is 1. The second-order valence-electron chi connectivity index (χ2n) is 19.8. The fraction of sp³-hybridized carbons (Fsp3) is 0.735. The van der Waals surface area contributed by atoms with Crippen LogP contribution in [0.15, 0.2) is 24.3 Å². The van der Waals surface area contributed by atoms with Gasteiger partial charge in [-0.2, -0.15) is 0 Å². The summed E-state index contributed by atoms with van der Waals surface area (Å²) in [7, 11) is 1.10. The average Bonchev–Trinajstić information content (AvgIpc) is 3.89. The summed E-state index contributed by atoms with van der Waals surface area (Å²) in [4.78, 5) is 100. The molecule has 0 saturated carbocycles. The van der Waals surface area contributed by atoms with Crippen molar-refractivity contribution in [1.82, 2.24) is 36.4 Å². The quantitative estimate of drug-likeness (QED) is 0.0671. The number of methoxy groups -OCH3 is 1. The van der Waals surface area contributed by atoms with E-state index in [0.29, 0.717) is 12.3 Å². The molecular formula is C49H79N7O16. The van der Waals surface area contributed by atoms with Crippen LogP contribution in [0.3, 0.4) is 0 Å². The average molecular weight is 1020 g/mol. The van der Waals surface area contributed by atoms with Gasteiger partial charge in [-0.05, 0) is 37.0 Å². The molecule has 23 nitrogen and oxygen atoms in total. The Kier molecular flexibility index (Phi) is 23.5. The molecule has 7 amide bonds. The fourth-order valence-electron chi connectivity index (χ4n) is 9.38. The van der Waals surface area contributed by atoms with Gasteiger partial charge >= 0.3 is 0 Å². The summed E-state index contributed by atoms with van der Waals surface area (Å²) < 4.78 is 5.40. The molecule has 1 aromatic rings. The maximum atomic E-state index is 14.3. The minimum Gasteiger partial charge on any atom is -0.508 e. The SMILES string of the molecule is CCC(C)CCCCCCCCCCC(=O)N[C@@H]1C[C@@H](O)C(OC)NC(=O)[C@@H]2[C@@H](O)[C@@H](C)CN2C(=O)C(CO)NC(=O)C([C@@H](O)[C@H](O)c2ccc(O)cc2)NC(=O)[C@@H]2C[C@@H](O)CN2C(=O)C(C(C)O)NC1=O. The molecule has 0 radical (unpaired) electrons. The zero-order valence-electron chi connectivity index (χ0n) is 42.0. The Labute approximate surface area is 420 Å². The maximum absolute atomic E-state index is 14.3. The highest BCUT2D eigenvalue weighted by molar-refractivity contribution is 5.98. The molecule has 15 atom stereocenters. The summed E-state index contributed by atoms with van der Waals surface area (Å²) in [5, 5.41) is 99.5. The number of ether oxygens (including phenoxy) is 1. The van der Waals surface area contributed by atoms with Crippen molar-refractivity contribution < 1.29 is 79.2 Å². The van der Waals surface area contributed by atoms with Crippen LogP contribution in [0.2, 0.25) is 0 Å². The molecule has 3 fully saturated rings. The van der Waals surface area contributed by atoms with Gasteiger partial charge < -0.3 is 82.0 Å². The molecule has 13 N–H and O–H groups in total. The standard InChI is InChI=1S/C49H79N7O16/c1-6-26(2)15-13-11-9-7-8-10-12-14-16-36(62)50-32-22-35(61)47(72-5)54-46(69)39-40(63)27(3)23-56(39)48(70)33(25-57)51-45(68)38(42(65)41(64)29-17-19-30(59)20-18-29)53-44(67)34-21-31(60)24-55(34)49(71)37(28(4)58)52-43(32)66/h17-20,26-28,31-35,37-42,47,57-61,63-65H,6-16,21-25H2,1-5H3,(H,50,62)(H,51,68)(H,52,66)(H,53,67)(H,54,69)/t26?,27-,28?,31+,32+,33?,34-,35+,37?,38?,39-,40-,41+,42+,47?/m0/s1. The molecule has 1 aromatic carbocycles. The summed E-state index contributed by atoms with van der Waals surface area (Å²) in [6, 6.07) is -6.21. The fourth-order valence-corrected chi connectivity index (χ4v) is 9.38. The van der Waals surface area contributed by atoms with Gasteiger partial charge in [0.1, 0.15) is 60.3 Å². The Hall–Kier alpha value is -5.01. The Bertz CT molecular complexity index is 1960. The van der Waals surface area contributed by atoms with Gasteiger partial charge in [0, 0.05) is 45.4 Å². The number of carbonyl (C=O) groups is 7. The molecular weight excluding hydrogens is 943 g/mol. The first-order chi connectivity index (χ1) is 34.1. The summed E-state index contributed by atoms with van der Waals surface area (Å²) in [5.41, 5.74) is -0.0465. The van der Waals surface area contributed by atoms with Gasteiger partial charge in [-0.1, -0.05) is 90.7 Å². The molecule has 406 valence electrons. The van der Waals surface area contributed by atoms with Gasteiger partial charge in [-0.25, -0.2) is 0 Å². The lowest BCUT2D eigenvalue weighted by Gasteiger charge is -2.33. The van der Waals surface area contributed by atoms with Crippen LogP contribution in [-0.4, -0.2) is 192 Å². The van der Waals surface area contributed by atoms with Crippen LogP contribution in [0.5, 0.6) is 5.75 Å². The van der Waals surface area contributed by atoms with E-state index in [-0.39, 0.29) is 24.3 Å². The molecule has 23 heteroatoms. The second-order valence-corrected chi connectivity index (χ2v) is 19.8. The molecule has 72 heavy (non-hydrogen) atoms. The van der Waals surface area contributed by atoms with E-state index < -0.39 is 152 Å². The lowest BCUT2D eigenvalue weighted by Crippen LogP contribution is -2.63. The molecule has 3 aliphatic heterocycles. The van der Waals surface area contributed by atoms with E-state index >= 15 is 0 Å². The lowest BCUT2D eigenvalue weighted by molar-refractivity contribution is -0.148. The predicted octanol–water partition coefficient (Wildman–Crippen LogP) is -1.93. The van der Waals surface area contributed by atoms with Crippen molar-refractivity contribution >= 4 is 41.4 Å². The monoisotopic (exact) mass is 1020 g/mol. The van der Waals surface area contributed by atoms with Crippen LogP contribution in [0.25, 0.3) is 0 Å². The summed E-state index contributed by atoms with van der Waals surface area (Å²) >= 11 is 0. The number of phenolic OH excluding ortho intramolecular Hbond substituents is 1. The number of unbranched alkanes of at least 4 members (excludes halogenated alkanes) is 7. The van der Waals surface area contributed by atoms with Gasteiger partial charge in [0.15, 0.2) is 6.23 Å². The zero-order chi connectivity index (χ0) is 53.4. The van der Waals surface area contributed by atoms with E-state index in [1.165, 1.54) is 56.9 Å². The van der Waals surface area contributed by atoms with Crippen molar-refractivity contribution in [2.24, 2.45) is 11.8 Å². The molecule has 6 unspecified atom stereocenters. The Morgan fingerprint density at radius 3 is 1.97 bits per heavy atom. The van der Waals surface area contributed by atoms with Gasteiger partial charge in [-0.3, -0.25) is 33.6 Å². The molecule has 0 spiro atoms. The summed E-state index contributed by atoms with van der Waals surface area (Å²) in [5.74, 6) is -7.78. The van der Waals surface area contributed by atoms with Crippen molar-refractivity contribution in [2.45, 2.75) is 190 Å². The molecule has 3 saturated heterocycles. The highest BCUT2D eigenvalue weighted by Crippen LogP contribution is 2.27. The third kappa shape index (κ3) is 16.2. The molecule has 0 aliphatic carbocycles. The first kappa shape index (κ1) is 59.6. The Morgan fingerprint density at radius 2 is 1.38 bits per heavy atom. The number of aromatic hydroxyl groups is 1. The van der Waals surface area contributed by atoms with E-state index in [4.69, 9.17) is 4.74 Å². The van der Waals surface area contributed by atoms with Crippen molar-refractivity contribution in [3.8, 4) is 5.75 Å². The number of aliphatic hydroxyl groups is 7. The number of amides is 7. The predicted molar refractivity (Wildman–Crippen MR) is 258 cm³/mol. The van der Waals surface area contributed by atoms with Gasteiger partial charge in [0.25, 0.3) is 0 Å². The number of nitrogens with zero attached hydrogens (tertiary/aromatic N) is 2. The van der Waals surface area contributed by atoms with Gasteiger partial charge in [0.2, 0.25) is 41.4 Å². The molecule has 4 rings (SSSR count). The van der Waals surface area contributed by atoms with Crippen LogP contribution < -0.4 is 26.6 Å². The minimum absolute atomic E-state index is 0.0179. The largest absolute Gasteiger partial charge is 0.508 e. The van der Waals surface area contributed by atoms with Crippen LogP contribution in [0, 0.1) is 11.8 Å². The summed E-state index contributed by atoms with van der Waals surface area (Å²) in [6.07, 6.45) is -3.43. The number of rotatable bonds is 19. The van der Waals surface area contributed by atoms with E-state index in [9.17, 15) is 74.4 Å². The van der Waals surface area contributed by atoms with E-state index in [1.54, 1.807) is 0 Å². The van der Waals surface area contributed by atoms with Crippen LogP contribution in [0.4, 0.5) is 0 Å². The topological polar surface area (TPSA) is 357 Å². The van der Waals surface area contributed by atoms with Crippen LogP contribution in [-0.2, 0) is 38.3 Å². The number of fused-ring (bicyclic) bond motifs is 2. The third-order valence-electron chi connectivity index (χ3n) is 14.0. The van der Waals surface area contributed by atoms with E-state index in [0.717, 1.165) is 55.9 Å². The van der Waals surface area contributed by atoms with Gasteiger partial charge in [0.05, 0.1) is 24.9 Å². The highest BCUT2D eigenvalue weighted by atomic mass is 16.5. The van der Waals surface area contributed by atoms with Crippen molar-refractivity contribution in [2.75, 3.05) is 26.8 Å². The smallest absolute Gasteiger partial charge is 0.248 e. The highest BCUT2D eigenvalue weighted by Gasteiger charge is 2.49. The Balaban J connectivity index is 1.67. The number of phenols is 1. The number of hydrogen-bond acceptors (Lipinski definition) is 16. The number of carbonyl (C=O) groups excluding carboxylic acids is 7. The van der Waals surface area contributed by atoms with E-state index in [1.807, 2.05) is 0 Å². The lowest BCUT2D eigenvalue weighted by atomic mass is 9.97. The number of nitrogens with one attached hydrogen (secondary N) is 5. The van der Waals surface area contributed by atoms with Crippen molar-refractivity contribution in [3.05, 3.63) is 29.8 Å². The first-order valence-corrected chi connectivity index (χ1v) is 25.3. The maximum Gasteiger partial charge on any atom is 0.248 e. The molecule has 0 aromatic heterocycles. The first-order valence-electron chi connectivity index (χ1n) is 25.3. The number of aliphatic hydroxyl groups excluding tert-OH is 7. The zero-order valence-corrected chi connectivity index (χ0v) is 42.0. The molecule has 0 bridgehead atoms. The second kappa shape index (κ2) is 28.4. The molecule has 3 heterocycles. The molecule has 3 aliphatic rings. The number of hydrogen-bond donors (Lipinski definition) is 13. The van der Waals surface area contributed by atoms with Gasteiger partial charge in [-0.15, -0.1) is 0 Å². The third-order valence-corrected chi connectivity index (χ3v) is 14.0.